The van der Waals surface area contributed by atoms with Crippen molar-refractivity contribution < 1.29 is 32.2 Å². The van der Waals surface area contributed by atoms with E-state index in [0.29, 0.717) is 18.7 Å². The molecule has 0 fully saturated rings. The van der Waals surface area contributed by atoms with E-state index in [1.165, 1.54) is 0 Å². The van der Waals surface area contributed by atoms with E-state index in [-0.39, 0.29) is 12.6 Å². The number of rotatable bonds is 4. The van der Waals surface area contributed by atoms with Gasteiger partial charge in [0, 0.05) is 40.9 Å². The molecule has 0 spiro atoms. The monoisotopic (exact) mass is 549 g/mol. The van der Waals surface area contributed by atoms with Crippen LogP contribution in [0.15, 0.2) is 42.0 Å². The van der Waals surface area contributed by atoms with Crippen molar-refractivity contribution in [3.63, 3.8) is 0 Å². The van der Waals surface area contributed by atoms with Gasteiger partial charge in [0.05, 0.1) is 16.9 Å². The van der Waals surface area contributed by atoms with Gasteiger partial charge in [0.2, 0.25) is 11.4 Å². The number of hydrogen-bond donors (Lipinski definition) is 2. The number of ether oxygens (including phenoxy) is 1. The molecule has 4 aliphatic heterocycles. The highest BCUT2D eigenvalue weighted by Gasteiger charge is 2.56. The molecule has 204 valence electrons. The van der Waals surface area contributed by atoms with Gasteiger partial charge >= 0.3 is 5.97 Å². The predicted molar refractivity (Wildman–Crippen MR) is 151 cm³/mol. The molecule has 0 aliphatic carbocycles. The van der Waals surface area contributed by atoms with Crippen LogP contribution < -0.4 is 9.64 Å². The van der Waals surface area contributed by atoms with Crippen molar-refractivity contribution in [2.75, 3.05) is 23.7 Å². The fourth-order valence-electron chi connectivity index (χ4n) is 7.01. The van der Waals surface area contributed by atoms with Crippen LogP contribution in [0.1, 0.15) is 56.4 Å². The molecule has 9 heteroatoms. The summed E-state index contributed by atoms with van der Waals surface area (Å²) in [5.74, 6) is -0.647. The van der Waals surface area contributed by atoms with Gasteiger partial charge in [0.15, 0.2) is 6.54 Å². The second-order valence-electron chi connectivity index (χ2n) is 11.9. The highest BCUT2D eigenvalue weighted by atomic mass is 32.2. The Morgan fingerprint density at radius 2 is 1.92 bits per heavy atom. The number of carboxylic acid groups (broad SMARTS) is 1. The van der Waals surface area contributed by atoms with Crippen molar-refractivity contribution in [1.82, 2.24) is 0 Å². The average Bonchev–Trinajstić information content (AvgIpc) is 3.05. The molecule has 0 aromatic heterocycles. The summed E-state index contributed by atoms with van der Waals surface area (Å²) < 4.78 is 43.4. The van der Waals surface area contributed by atoms with Crippen LogP contribution >= 0.6 is 0 Å². The number of benzene rings is 2. The first-order valence-electron chi connectivity index (χ1n) is 13.2. The molecule has 6 rings (SSSR count). The van der Waals surface area contributed by atoms with E-state index in [1.54, 1.807) is 0 Å². The number of aryl methyl sites for hydroxylation is 1. The molecule has 4 aliphatic rings. The quantitative estimate of drug-likeness (QED) is 0.425. The van der Waals surface area contributed by atoms with Crippen LogP contribution in [0, 0.1) is 6.92 Å². The maximum Gasteiger partial charge on any atom is 0.323 e. The van der Waals surface area contributed by atoms with Gasteiger partial charge in [0.25, 0.3) is 10.1 Å². The highest BCUT2D eigenvalue weighted by molar-refractivity contribution is 7.85. The van der Waals surface area contributed by atoms with Crippen LogP contribution in [0.3, 0.4) is 0 Å². The summed E-state index contributed by atoms with van der Waals surface area (Å²) in [5.41, 5.74) is 6.87. The van der Waals surface area contributed by atoms with E-state index >= 15 is 0 Å². The maximum absolute atomic E-state index is 12.3. The number of hydrogen-bond acceptors (Lipinski definition) is 5. The number of carboxylic acids is 1. The van der Waals surface area contributed by atoms with Gasteiger partial charge < -0.3 is 14.7 Å². The third kappa shape index (κ3) is 4.02. The van der Waals surface area contributed by atoms with E-state index in [0.717, 1.165) is 50.5 Å². The molecule has 0 amide bonds. The normalized spacial score (nSPS) is 24.5. The lowest BCUT2D eigenvalue weighted by Crippen LogP contribution is -2.48. The van der Waals surface area contributed by atoms with Crippen LogP contribution in [-0.2, 0) is 20.3 Å². The largest absolute Gasteiger partial charge is 0.485 e. The second kappa shape index (κ2) is 8.29. The van der Waals surface area contributed by atoms with Crippen molar-refractivity contribution in [2.24, 2.45) is 0 Å². The summed E-state index contributed by atoms with van der Waals surface area (Å²) >= 11 is 0. The minimum atomic E-state index is -4.29. The molecule has 0 bridgehead atoms. The van der Waals surface area contributed by atoms with Gasteiger partial charge in [0.1, 0.15) is 23.8 Å². The highest BCUT2D eigenvalue weighted by Crippen LogP contribution is 2.49. The van der Waals surface area contributed by atoms with Crippen molar-refractivity contribution in [3.8, 4) is 5.75 Å². The molecule has 39 heavy (non-hydrogen) atoms. The van der Waals surface area contributed by atoms with Crippen LogP contribution in [-0.4, -0.2) is 64.8 Å². The summed E-state index contributed by atoms with van der Waals surface area (Å²) in [6, 6.07) is 10.1. The third-order valence-electron chi connectivity index (χ3n) is 8.52. The lowest BCUT2D eigenvalue weighted by atomic mass is 9.75. The smallest absolute Gasteiger partial charge is 0.323 e. The Hall–Kier alpha value is -3.43. The fourth-order valence-corrected chi connectivity index (χ4v) is 8.03. The first kappa shape index (κ1) is 25.8. The Morgan fingerprint density at radius 3 is 2.62 bits per heavy atom. The topological polar surface area (TPSA) is 107 Å². The standard InChI is InChI=1S/C30H32N2O6S/c1-17-6-7-23-22(10-17)30(5,16-39(35,36)37)28-21-12-19-11-20-18(2)14-29(3,4)32(15-27(33)34)24(20)13-26(19)38-25(21)8-9-31(23)28/h6-7,10-14,25H,8-9,15-16H2,1-5H3,(H-,33,34,35,36,37)/p+1. The van der Waals surface area contributed by atoms with Crippen LogP contribution in [0.5, 0.6) is 5.75 Å². The summed E-state index contributed by atoms with van der Waals surface area (Å²) in [6.07, 6.45) is 4.57. The minimum Gasteiger partial charge on any atom is -0.485 e. The van der Waals surface area contributed by atoms with Crippen molar-refractivity contribution in [3.05, 3.63) is 64.2 Å². The van der Waals surface area contributed by atoms with Crippen LogP contribution in [0.2, 0.25) is 0 Å². The van der Waals surface area contributed by atoms with Crippen LogP contribution in [0.4, 0.5) is 11.4 Å². The second-order valence-corrected chi connectivity index (χ2v) is 13.4. The van der Waals surface area contributed by atoms with Crippen molar-refractivity contribution in [2.45, 2.75) is 58.1 Å². The van der Waals surface area contributed by atoms with Crippen LogP contribution in [0.25, 0.3) is 11.6 Å². The Balaban J connectivity index is 1.53. The Kier molecular flexibility index (Phi) is 5.49. The molecule has 0 saturated carbocycles. The van der Waals surface area contributed by atoms with Gasteiger partial charge in [-0.2, -0.15) is 13.0 Å². The zero-order valence-electron chi connectivity index (χ0n) is 22.8. The molecule has 8 nitrogen and oxygen atoms in total. The fraction of sp³-hybridized carbons (Fsp3) is 0.400. The number of aliphatic carboxylic acids is 1. The van der Waals surface area contributed by atoms with E-state index in [1.807, 2.05) is 69.9 Å². The Morgan fingerprint density at radius 1 is 1.18 bits per heavy atom. The predicted octanol–water partition coefficient (Wildman–Crippen LogP) is 4.57. The summed E-state index contributed by atoms with van der Waals surface area (Å²) in [5, 5.41) is 9.62. The van der Waals surface area contributed by atoms with Gasteiger partial charge in [-0.25, -0.2) is 0 Å². The molecule has 0 saturated heterocycles. The van der Waals surface area contributed by atoms with Gasteiger partial charge in [-0.3, -0.25) is 9.35 Å². The molecule has 2 N–H and O–H groups in total. The minimum absolute atomic E-state index is 0.133. The van der Waals surface area contributed by atoms with E-state index < -0.39 is 32.8 Å². The number of anilines is 1. The van der Waals surface area contributed by atoms with E-state index in [4.69, 9.17) is 4.74 Å². The lowest BCUT2D eigenvalue weighted by Gasteiger charge is -2.43. The summed E-state index contributed by atoms with van der Waals surface area (Å²) in [7, 11) is -4.29. The van der Waals surface area contributed by atoms with E-state index in [9.17, 15) is 22.9 Å². The average molecular weight is 550 g/mol. The molecule has 2 unspecified atom stereocenters. The van der Waals surface area contributed by atoms with Gasteiger partial charge in [-0.15, -0.1) is 0 Å². The molecular formula is C30H33N2O6S+. The maximum atomic E-state index is 12.3. The third-order valence-corrected chi connectivity index (χ3v) is 9.46. The summed E-state index contributed by atoms with van der Waals surface area (Å²) in [4.78, 5) is 13.6. The number of nitrogens with zero attached hydrogens (tertiary/aromatic N) is 2. The molecular weight excluding hydrogens is 516 g/mol. The molecule has 2 atom stereocenters. The zero-order valence-corrected chi connectivity index (χ0v) is 23.6. The molecule has 2 aromatic rings. The molecule has 0 radical (unpaired) electrons. The Bertz CT molecular complexity index is 1670. The number of fused-ring (bicyclic) bond motifs is 6. The van der Waals surface area contributed by atoms with Gasteiger partial charge in [-0.1, -0.05) is 17.7 Å². The zero-order chi connectivity index (χ0) is 28.1. The SMILES string of the molecule is CC1=CC(C)(C)N(CC(=O)O)c2cc3c(cc21)C=C1C2=[N+](CCC1O3)c1ccc(C)cc1C2(C)CS(=O)(=O)O. The first-order chi connectivity index (χ1) is 18.2. The van der Waals surface area contributed by atoms with E-state index in [2.05, 4.69) is 16.7 Å². The van der Waals surface area contributed by atoms with Gasteiger partial charge in [-0.05, 0) is 58.4 Å². The summed E-state index contributed by atoms with van der Waals surface area (Å²) in [6.45, 7) is 10.4. The number of carbonyl (C=O) groups is 1. The molecule has 4 heterocycles. The number of allylic oxidation sites excluding steroid dienone is 1. The Labute approximate surface area is 228 Å². The van der Waals surface area contributed by atoms with Crippen molar-refractivity contribution >= 4 is 44.8 Å². The lowest BCUT2D eigenvalue weighted by molar-refractivity contribution is -0.444. The first-order valence-corrected chi connectivity index (χ1v) is 14.8. The molecule has 2 aromatic carbocycles. The van der Waals surface area contributed by atoms with Crippen molar-refractivity contribution in [1.29, 1.82) is 0 Å².